The van der Waals surface area contributed by atoms with Crippen LogP contribution in [-0.4, -0.2) is 37.8 Å². The third-order valence-electron chi connectivity index (χ3n) is 6.46. The summed E-state index contributed by atoms with van der Waals surface area (Å²) in [5.41, 5.74) is -0.198. The number of benzene rings is 1. The van der Waals surface area contributed by atoms with Crippen LogP contribution >= 0.6 is 0 Å². The first kappa shape index (κ1) is 21.2. The molecule has 1 saturated heterocycles. The lowest BCUT2D eigenvalue weighted by molar-refractivity contribution is 0.0886. The van der Waals surface area contributed by atoms with Crippen molar-refractivity contribution in [2.45, 2.75) is 63.8 Å². The zero-order valence-corrected chi connectivity index (χ0v) is 17.8. The summed E-state index contributed by atoms with van der Waals surface area (Å²) in [6, 6.07) is 3.52. The number of hydrogen-bond donors (Lipinski definition) is 1. The molecule has 5 nitrogen and oxygen atoms in total. The first-order chi connectivity index (χ1) is 13.2. The lowest BCUT2D eigenvalue weighted by atomic mass is 9.78. The molecule has 7 heteroatoms. The number of halogens is 1. The minimum absolute atomic E-state index is 0.0149. The maximum absolute atomic E-state index is 14.4. The molecule has 1 aliphatic carbocycles. The van der Waals surface area contributed by atoms with E-state index in [0.717, 1.165) is 38.2 Å². The molecule has 0 radical (unpaired) electrons. The molecular formula is C21H31FN2O3S. The fraction of sp³-hybridized carbons (Fsp3) is 0.667. The molecule has 2 aliphatic rings. The Balaban J connectivity index is 1.82. The smallest absolute Gasteiger partial charge is 0.254 e. The molecular weight excluding hydrogens is 379 g/mol. The molecule has 0 spiro atoms. The van der Waals surface area contributed by atoms with Crippen LogP contribution in [0.5, 0.6) is 0 Å². The lowest BCUT2D eigenvalue weighted by Crippen LogP contribution is -2.44. The van der Waals surface area contributed by atoms with Crippen molar-refractivity contribution in [1.82, 2.24) is 9.62 Å². The predicted molar refractivity (Wildman–Crippen MR) is 107 cm³/mol. The van der Waals surface area contributed by atoms with Gasteiger partial charge in [-0.1, -0.05) is 33.6 Å². The number of rotatable bonds is 4. The van der Waals surface area contributed by atoms with Crippen LogP contribution in [0.2, 0.25) is 0 Å². The van der Waals surface area contributed by atoms with Gasteiger partial charge in [0.25, 0.3) is 5.91 Å². The summed E-state index contributed by atoms with van der Waals surface area (Å²) in [4.78, 5) is 12.7. The number of amides is 1. The van der Waals surface area contributed by atoms with Crippen LogP contribution in [0.4, 0.5) is 4.39 Å². The summed E-state index contributed by atoms with van der Waals surface area (Å²) in [5.74, 6) is -0.131. The monoisotopic (exact) mass is 410 g/mol. The molecule has 1 N–H and O–H groups in total. The van der Waals surface area contributed by atoms with Gasteiger partial charge in [0, 0.05) is 19.1 Å². The molecule has 0 bridgehead atoms. The molecule has 1 aliphatic heterocycles. The maximum atomic E-state index is 14.4. The summed E-state index contributed by atoms with van der Waals surface area (Å²) in [5, 5.41) is 2.93. The van der Waals surface area contributed by atoms with Crippen LogP contribution in [-0.2, 0) is 10.0 Å². The number of sulfonamides is 1. The number of carbonyl (C=O) groups is 1. The Bertz CT molecular complexity index is 827. The Kier molecular flexibility index (Phi) is 6.44. The van der Waals surface area contributed by atoms with Crippen molar-refractivity contribution in [3.05, 3.63) is 29.6 Å². The summed E-state index contributed by atoms with van der Waals surface area (Å²) in [7, 11) is -3.73. The third kappa shape index (κ3) is 4.40. The molecule has 3 rings (SSSR count). The Hall–Kier alpha value is -1.47. The molecule has 28 heavy (non-hydrogen) atoms. The van der Waals surface area contributed by atoms with E-state index in [0.29, 0.717) is 30.8 Å². The highest BCUT2D eigenvalue weighted by molar-refractivity contribution is 7.89. The second-order valence-electron chi connectivity index (χ2n) is 8.60. The van der Waals surface area contributed by atoms with Crippen molar-refractivity contribution in [3.63, 3.8) is 0 Å². The molecule has 0 unspecified atom stereocenters. The predicted octanol–water partition coefficient (Wildman–Crippen LogP) is 3.80. The first-order valence-electron chi connectivity index (χ1n) is 10.3. The summed E-state index contributed by atoms with van der Waals surface area (Å²) in [6.45, 7) is 7.21. The van der Waals surface area contributed by atoms with Gasteiger partial charge in [0.1, 0.15) is 5.82 Å². The zero-order chi connectivity index (χ0) is 20.5. The van der Waals surface area contributed by atoms with E-state index in [9.17, 15) is 17.6 Å². The van der Waals surface area contributed by atoms with Crippen LogP contribution in [0.15, 0.2) is 23.1 Å². The SMILES string of the molecule is C[C@@H]1CCCN(S(=O)(=O)c2ccc(F)c(C(=O)N[C@@H]3CCC[C@@H](C)[C@H]3C)c2)C1. The highest BCUT2D eigenvalue weighted by atomic mass is 32.2. The van der Waals surface area contributed by atoms with E-state index >= 15 is 0 Å². The van der Waals surface area contributed by atoms with Crippen molar-refractivity contribution in [2.24, 2.45) is 17.8 Å². The van der Waals surface area contributed by atoms with E-state index in [-0.39, 0.29) is 16.5 Å². The second-order valence-corrected chi connectivity index (χ2v) is 10.5. The van der Waals surface area contributed by atoms with Gasteiger partial charge in [-0.3, -0.25) is 4.79 Å². The highest BCUT2D eigenvalue weighted by Gasteiger charge is 2.31. The van der Waals surface area contributed by atoms with Gasteiger partial charge < -0.3 is 5.32 Å². The number of carbonyl (C=O) groups excluding carboxylic acids is 1. The van der Waals surface area contributed by atoms with E-state index in [2.05, 4.69) is 19.2 Å². The third-order valence-corrected chi connectivity index (χ3v) is 8.32. The Morgan fingerprint density at radius 1 is 1.14 bits per heavy atom. The summed E-state index contributed by atoms with van der Waals surface area (Å²) >= 11 is 0. The maximum Gasteiger partial charge on any atom is 0.254 e. The van der Waals surface area contributed by atoms with E-state index in [4.69, 9.17) is 0 Å². The fourth-order valence-corrected chi connectivity index (χ4v) is 6.01. The number of nitrogens with one attached hydrogen (secondary N) is 1. The molecule has 1 heterocycles. The van der Waals surface area contributed by atoms with E-state index in [1.165, 1.54) is 16.4 Å². The average Bonchev–Trinajstić information content (AvgIpc) is 2.65. The van der Waals surface area contributed by atoms with E-state index in [1.807, 2.05) is 6.92 Å². The van der Waals surface area contributed by atoms with Crippen molar-refractivity contribution in [3.8, 4) is 0 Å². The first-order valence-corrected chi connectivity index (χ1v) is 11.7. The van der Waals surface area contributed by atoms with Gasteiger partial charge in [0.15, 0.2) is 0 Å². The van der Waals surface area contributed by atoms with Gasteiger partial charge in [-0.15, -0.1) is 0 Å². The molecule has 2 fully saturated rings. The zero-order valence-electron chi connectivity index (χ0n) is 16.9. The molecule has 1 amide bonds. The van der Waals surface area contributed by atoms with Gasteiger partial charge in [-0.2, -0.15) is 4.31 Å². The fourth-order valence-electron chi connectivity index (χ4n) is 4.38. The number of nitrogens with zero attached hydrogens (tertiary/aromatic N) is 1. The molecule has 1 saturated carbocycles. The normalized spacial score (nSPS) is 29.4. The molecule has 1 aromatic rings. The van der Waals surface area contributed by atoms with Gasteiger partial charge in [-0.25, -0.2) is 12.8 Å². The summed E-state index contributed by atoms with van der Waals surface area (Å²) < 4.78 is 41.8. The van der Waals surface area contributed by atoms with Crippen LogP contribution in [0, 0.1) is 23.6 Å². The van der Waals surface area contributed by atoms with Crippen molar-refractivity contribution in [1.29, 1.82) is 0 Å². The number of piperidine rings is 1. The Morgan fingerprint density at radius 3 is 2.61 bits per heavy atom. The number of hydrogen-bond acceptors (Lipinski definition) is 3. The minimum atomic E-state index is -3.73. The topological polar surface area (TPSA) is 66.5 Å². The van der Waals surface area contributed by atoms with Crippen molar-refractivity contribution >= 4 is 15.9 Å². The van der Waals surface area contributed by atoms with Crippen LogP contribution in [0.3, 0.4) is 0 Å². The highest BCUT2D eigenvalue weighted by Crippen LogP contribution is 2.30. The second kappa shape index (κ2) is 8.49. The summed E-state index contributed by atoms with van der Waals surface area (Å²) in [6.07, 6.45) is 4.83. The van der Waals surface area contributed by atoms with E-state index in [1.54, 1.807) is 0 Å². The van der Waals surface area contributed by atoms with Gasteiger partial charge in [-0.05, 0) is 55.2 Å². The van der Waals surface area contributed by atoms with Gasteiger partial charge in [0.2, 0.25) is 10.0 Å². The average molecular weight is 411 g/mol. The van der Waals surface area contributed by atoms with Crippen LogP contribution < -0.4 is 5.32 Å². The Morgan fingerprint density at radius 2 is 1.89 bits per heavy atom. The largest absolute Gasteiger partial charge is 0.349 e. The quantitative estimate of drug-likeness (QED) is 0.821. The van der Waals surface area contributed by atoms with Crippen molar-refractivity contribution < 1.29 is 17.6 Å². The minimum Gasteiger partial charge on any atom is -0.349 e. The molecule has 4 atom stereocenters. The Labute approximate surface area is 167 Å². The van der Waals surface area contributed by atoms with Crippen molar-refractivity contribution in [2.75, 3.05) is 13.1 Å². The van der Waals surface area contributed by atoms with E-state index < -0.39 is 21.7 Å². The molecule has 1 aromatic carbocycles. The van der Waals surface area contributed by atoms with Gasteiger partial charge in [0.05, 0.1) is 10.5 Å². The van der Waals surface area contributed by atoms with Crippen LogP contribution in [0.1, 0.15) is 63.2 Å². The standard InChI is InChI=1S/C21H31FN2O3S/c1-14-6-5-11-24(13-14)28(26,27)17-9-10-19(22)18(12-17)21(25)23-20-8-4-7-15(2)16(20)3/h9-10,12,14-16,20H,4-8,11,13H2,1-3H3,(H,23,25)/t14-,15-,16-,20-/m1/s1. The molecule has 0 aromatic heterocycles. The molecule has 156 valence electrons. The lowest BCUT2D eigenvalue weighted by Gasteiger charge is -2.34. The van der Waals surface area contributed by atoms with Gasteiger partial charge >= 0.3 is 0 Å². The van der Waals surface area contributed by atoms with Crippen LogP contribution in [0.25, 0.3) is 0 Å².